The first kappa shape index (κ1) is 16.3. The number of rotatable bonds is 5. The fraction of sp³-hybridized carbons (Fsp3) is 0.235. The fourth-order valence-corrected chi connectivity index (χ4v) is 2.84. The van der Waals surface area contributed by atoms with Crippen LogP contribution in [0.2, 0.25) is 0 Å². The predicted molar refractivity (Wildman–Crippen MR) is 94.0 cm³/mol. The normalized spacial score (nSPS) is 10.8. The molecule has 0 aliphatic carbocycles. The number of hydrogen-bond donors (Lipinski definition) is 1. The third-order valence-electron chi connectivity index (χ3n) is 3.55. The molecule has 0 atom stereocenters. The summed E-state index contributed by atoms with van der Waals surface area (Å²) >= 11 is 1.40. The van der Waals surface area contributed by atoms with Gasteiger partial charge in [0.2, 0.25) is 11.8 Å². The van der Waals surface area contributed by atoms with Crippen molar-refractivity contribution in [1.29, 1.82) is 0 Å². The van der Waals surface area contributed by atoms with Crippen molar-refractivity contribution in [1.82, 2.24) is 14.5 Å². The van der Waals surface area contributed by atoms with Gasteiger partial charge in [0.05, 0.1) is 11.4 Å². The summed E-state index contributed by atoms with van der Waals surface area (Å²) in [5.74, 6) is 1.64. The van der Waals surface area contributed by atoms with Gasteiger partial charge in [0, 0.05) is 30.7 Å². The molecule has 0 unspecified atom stereocenters. The maximum Gasteiger partial charge on any atom is 0.234 e. The second-order valence-corrected chi connectivity index (χ2v) is 6.34. The first-order valence-electron chi connectivity index (χ1n) is 7.47. The molecule has 2 heterocycles. The van der Waals surface area contributed by atoms with Crippen molar-refractivity contribution in [3.63, 3.8) is 0 Å². The summed E-state index contributed by atoms with van der Waals surface area (Å²) in [5.41, 5.74) is 2.50. The number of carbonyl (C=O) groups is 1. The molecular weight excluding hydrogens is 324 g/mol. The van der Waals surface area contributed by atoms with Gasteiger partial charge in [-0.15, -0.1) is 0 Å². The van der Waals surface area contributed by atoms with Gasteiger partial charge >= 0.3 is 0 Å². The van der Waals surface area contributed by atoms with Gasteiger partial charge in [-0.3, -0.25) is 4.79 Å². The fourth-order valence-electron chi connectivity index (χ4n) is 2.11. The second-order valence-electron chi connectivity index (χ2n) is 5.40. The molecule has 2 aromatic heterocycles. The Balaban J connectivity index is 1.59. The molecule has 24 heavy (non-hydrogen) atoms. The minimum Gasteiger partial charge on any atom is -0.441 e. The quantitative estimate of drug-likeness (QED) is 0.719. The monoisotopic (exact) mass is 342 g/mol. The van der Waals surface area contributed by atoms with Crippen LogP contribution in [0.3, 0.4) is 0 Å². The zero-order valence-corrected chi connectivity index (χ0v) is 14.6. The number of anilines is 1. The van der Waals surface area contributed by atoms with E-state index in [1.807, 2.05) is 55.9 Å². The summed E-state index contributed by atoms with van der Waals surface area (Å²) in [6.07, 6.45) is 3.57. The van der Waals surface area contributed by atoms with E-state index in [0.29, 0.717) is 11.6 Å². The van der Waals surface area contributed by atoms with Gasteiger partial charge in [-0.2, -0.15) is 0 Å². The summed E-state index contributed by atoms with van der Waals surface area (Å²) in [6.45, 7) is 3.80. The number of amides is 1. The molecule has 0 spiro atoms. The number of hydrogen-bond acceptors (Lipinski definition) is 5. The Morgan fingerprint density at radius 2 is 2.04 bits per heavy atom. The minimum atomic E-state index is -0.0708. The Morgan fingerprint density at radius 3 is 2.62 bits per heavy atom. The molecule has 0 radical (unpaired) electrons. The molecule has 1 aromatic carbocycles. The van der Waals surface area contributed by atoms with Crippen molar-refractivity contribution < 1.29 is 9.21 Å². The second kappa shape index (κ2) is 6.92. The smallest absolute Gasteiger partial charge is 0.234 e. The highest BCUT2D eigenvalue weighted by atomic mass is 32.2. The van der Waals surface area contributed by atoms with E-state index in [2.05, 4.69) is 15.3 Å². The summed E-state index contributed by atoms with van der Waals surface area (Å²) in [7, 11) is 1.90. The highest BCUT2D eigenvalue weighted by Gasteiger charge is 2.09. The SMILES string of the molecule is Cc1nc(-c2ccc(NC(=O)CSc3nccn3C)cc2)oc1C. The summed E-state index contributed by atoms with van der Waals surface area (Å²) in [4.78, 5) is 20.6. The van der Waals surface area contributed by atoms with Crippen LogP contribution in [0.25, 0.3) is 11.5 Å². The number of nitrogens with zero attached hydrogens (tertiary/aromatic N) is 3. The number of benzene rings is 1. The molecule has 0 saturated heterocycles. The predicted octanol–water partition coefficient (Wildman–Crippen LogP) is 3.42. The highest BCUT2D eigenvalue weighted by Crippen LogP contribution is 2.23. The lowest BCUT2D eigenvalue weighted by molar-refractivity contribution is -0.113. The first-order chi connectivity index (χ1) is 11.5. The van der Waals surface area contributed by atoms with Crippen molar-refractivity contribution >= 4 is 23.4 Å². The zero-order chi connectivity index (χ0) is 17.1. The van der Waals surface area contributed by atoms with Crippen molar-refractivity contribution in [2.45, 2.75) is 19.0 Å². The number of carbonyl (C=O) groups excluding carboxylic acids is 1. The van der Waals surface area contributed by atoms with Gasteiger partial charge in [-0.05, 0) is 38.1 Å². The number of nitrogens with one attached hydrogen (secondary N) is 1. The summed E-state index contributed by atoms with van der Waals surface area (Å²) in [5, 5.41) is 3.69. The van der Waals surface area contributed by atoms with Gasteiger partial charge in [0.25, 0.3) is 0 Å². The summed E-state index contributed by atoms with van der Waals surface area (Å²) in [6, 6.07) is 7.44. The molecule has 7 heteroatoms. The Kier molecular flexibility index (Phi) is 4.71. The Labute approximate surface area is 144 Å². The lowest BCUT2D eigenvalue weighted by Gasteiger charge is -2.05. The van der Waals surface area contributed by atoms with Crippen molar-refractivity contribution in [3.8, 4) is 11.5 Å². The van der Waals surface area contributed by atoms with Crippen LogP contribution < -0.4 is 5.32 Å². The van der Waals surface area contributed by atoms with E-state index < -0.39 is 0 Å². The number of thioether (sulfide) groups is 1. The molecular formula is C17H18N4O2S. The van der Waals surface area contributed by atoms with Gasteiger partial charge in [0.15, 0.2) is 5.16 Å². The van der Waals surface area contributed by atoms with Crippen LogP contribution in [0.5, 0.6) is 0 Å². The van der Waals surface area contributed by atoms with Gasteiger partial charge < -0.3 is 14.3 Å². The lowest BCUT2D eigenvalue weighted by Crippen LogP contribution is -2.14. The molecule has 1 amide bonds. The van der Waals surface area contributed by atoms with E-state index in [1.54, 1.807) is 6.20 Å². The number of aromatic nitrogens is 3. The maximum atomic E-state index is 12.0. The third kappa shape index (κ3) is 3.68. The molecule has 1 N–H and O–H groups in total. The topological polar surface area (TPSA) is 73.0 Å². The van der Waals surface area contributed by atoms with E-state index in [0.717, 1.165) is 27.9 Å². The van der Waals surface area contributed by atoms with E-state index in [4.69, 9.17) is 4.42 Å². The molecule has 0 aliphatic rings. The molecule has 0 aliphatic heterocycles. The summed E-state index contributed by atoms with van der Waals surface area (Å²) < 4.78 is 7.48. The van der Waals surface area contributed by atoms with E-state index in [-0.39, 0.29) is 5.91 Å². The van der Waals surface area contributed by atoms with Gasteiger partial charge in [0.1, 0.15) is 5.76 Å². The van der Waals surface area contributed by atoms with Crippen LogP contribution in [-0.2, 0) is 11.8 Å². The lowest BCUT2D eigenvalue weighted by atomic mass is 10.2. The Morgan fingerprint density at radius 1 is 1.29 bits per heavy atom. The number of aryl methyl sites for hydroxylation is 3. The van der Waals surface area contributed by atoms with Crippen LogP contribution in [-0.4, -0.2) is 26.2 Å². The molecule has 0 saturated carbocycles. The average Bonchev–Trinajstić information content (AvgIpc) is 3.12. The molecule has 0 fully saturated rings. The van der Waals surface area contributed by atoms with Gasteiger partial charge in [-0.1, -0.05) is 11.8 Å². The van der Waals surface area contributed by atoms with E-state index in [1.165, 1.54) is 11.8 Å². The van der Waals surface area contributed by atoms with Crippen LogP contribution in [0.15, 0.2) is 46.2 Å². The maximum absolute atomic E-state index is 12.0. The Bertz CT molecular complexity index is 832. The van der Waals surface area contributed by atoms with Crippen LogP contribution in [0.1, 0.15) is 11.5 Å². The first-order valence-corrected chi connectivity index (χ1v) is 8.46. The van der Waals surface area contributed by atoms with Crippen molar-refractivity contribution in [2.75, 3.05) is 11.1 Å². The van der Waals surface area contributed by atoms with Gasteiger partial charge in [-0.25, -0.2) is 9.97 Å². The largest absolute Gasteiger partial charge is 0.441 e. The standard InChI is InChI=1S/C17H18N4O2S/c1-11-12(2)23-16(19-11)13-4-6-14(7-5-13)20-15(22)10-24-17-18-8-9-21(17)3/h4-9H,10H2,1-3H3,(H,20,22). The zero-order valence-electron chi connectivity index (χ0n) is 13.7. The average molecular weight is 342 g/mol. The molecule has 0 bridgehead atoms. The molecule has 124 valence electrons. The third-order valence-corrected chi connectivity index (χ3v) is 4.61. The van der Waals surface area contributed by atoms with E-state index >= 15 is 0 Å². The van der Waals surface area contributed by atoms with E-state index in [9.17, 15) is 4.79 Å². The van der Waals surface area contributed by atoms with Crippen LogP contribution in [0, 0.1) is 13.8 Å². The molecule has 3 rings (SSSR count). The molecule has 6 nitrogen and oxygen atoms in total. The van der Waals surface area contributed by atoms with Crippen molar-refractivity contribution in [2.24, 2.45) is 7.05 Å². The molecule has 3 aromatic rings. The number of imidazole rings is 1. The number of oxazole rings is 1. The minimum absolute atomic E-state index is 0.0708. The Hall–Kier alpha value is -2.54. The van der Waals surface area contributed by atoms with Crippen molar-refractivity contribution in [3.05, 3.63) is 48.1 Å². The highest BCUT2D eigenvalue weighted by molar-refractivity contribution is 7.99. The van der Waals surface area contributed by atoms with Crippen LogP contribution in [0.4, 0.5) is 5.69 Å². The van der Waals surface area contributed by atoms with Crippen LogP contribution >= 0.6 is 11.8 Å².